The van der Waals surface area contributed by atoms with Crippen LogP contribution >= 0.6 is 12.2 Å². The minimum atomic E-state index is -3.80. The van der Waals surface area contributed by atoms with E-state index < -0.39 is 10.0 Å². The van der Waals surface area contributed by atoms with Gasteiger partial charge in [0, 0.05) is 23.1 Å². The summed E-state index contributed by atoms with van der Waals surface area (Å²) in [6.07, 6.45) is 0. The molecule has 4 aromatic rings. The lowest BCUT2D eigenvalue weighted by atomic mass is 10.3. The summed E-state index contributed by atoms with van der Waals surface area (Å²) in [5.41, 5.74) is 2.09. The average molecular weight is 506 g/mol. The van der Waals surface area contributed by atoms with E-state index in [2.05, 4.69) is 25.3 Å². The van der Waals surface area contributed by atoms with E-state index in [1.54, 1.807) is 32.0 Å². The zero-order chi connectivity index (χ0) is 24.8. The molecule has 0 saturated carbocycles. The van der Waals surface area contributed by atoms with Gasteiger partial charge in [-0.05, 0) is 86.7 Å². The van der Waals surface area contributed by atoms with Crippen molar-refractivity contribution in [1.29, 1.82) is 0 Å². The Morgan fingerprint density at radius 3 is 1.97 bits per heavy atom. The van der Waals surface area contributed by atoms with Gasteiger partial charge in [-0.2, -0.15) is 0 Å². The molecule has 0 bridgehead atoms. The predicted octanol–water partition coefficient (Wildman–Crippen LogP) is 5.50. The normalized spacial score (nSPS) is 10.9. The standard InChI is InChI=1S/C25H23N5O3S2/c1-17-16-24(27-18(2)26-17)30-35(31,32)23-14-10-20(11-15-23)29-25(34)28-19-8-12-22(13-9-19)33-21-6-4-3-5-7-21/h3-16H,1-2H3,(H,26,27,30)(H2,28,29,34). The molecule has 0 aliphatic carbocycles. The van der Waals surface area contributed by atoms with Crippen LogP contribution in [0.3, 0.4) is 0 Å². The number of rotatable bonds is 7. The van der Waals surface area contributed by atoms with Crippen molar-refractivity contribution in [3.05, 3.63) is 96.4 Å². The number of nitrogens with zero attached hydrogens (tertiary/aromatic N) is 2. The van der Waals surface area contributed by atoms with Crippen LogP contribution in [0, 0.1) is 13.8 Å². The summed E-state index contributed by atoms with van der Waals surface area (Å²) in [5.74, 6) is 2.18. The van der Waals surface area contributed by atoms with Gasteiger partial charge >= 0.3 is 0 Å². The second kappa shape index (κ2) is 10.5. The summed E-state index contributed by atoms with van der Waals surface area (Å²) in [4.78, 5) is 8.37. The topological polar surface area (TPSA) is 105 Å². The molecule has 10 heteroatoms. The molecule has 1 aromatic heterocycles. The second-order valence-electron chi connectivity index (χ2n) is 7.59. The molecule has 0 atom stereocenters. The zero-order valence-corrected chi connectivity index (χ0v) is 20.7. The maximum atomic E-state index is 12.7. The van der Waals surface area contributed by atoms with Crippen molar-refractivity contribution in [3.63, 3.8) is 0 Å². The molecule has 0 unspecified atom stereocenters. The third-order valence-corrected chi connectivity index (χ3v) is 6.29. The molecule has 0 spiro atoms. The van der Waals surface area contributed by atoms with Crippen LogP contribution in [0.15, 0.2) is 89.8 Å². The molecule has 0 amide bonds. The Labute approximate surface area is 209 Å². The van der Waals surface area contributed by atoms with Gasteiger partial charge in [-0.15, -0.1) is 0 Å². The van der Waals surface area contributed by atoms with Crippen LogP contribution in [0.4, 0.5) is 17.2 Å². The molecule has 3 N–H and O–H groups in total. The largest absolute Gasteiger partial charge is 0.457 e. The first kappa shape index (κ1) is 24.1. The fraction of sp³-hybridized carbons (Fsp3) is 0.0800. The van der Waals surface area contributed by atoms with Crippen LogP contribution in [0.2, 0.25) is 0 Å². The van der Waals surface area contributed by atoms with E-state index in [0.29, 0.717) is 28.1 Å². The van der Waals surface area contributed by atoms with Crippen LogP contribution in [-0.2, 0) is 10.0 Å². The van der Waals surface area contributed by atoms with Crippen LogP contribution in [-0.4, -0.2) is 23.5 Å². The maximum absolute atomic E-state index is 12.7. The van der Waals surface area contributed by atoms with Crippen molar-refractivity contribution >= 4 is 44.5 Å². The van der Waals surface area contributed by atoms with Gasteiger partial charge in [0.15, 0.2) is 5.11 Å². The monoisotopic (exact) mass is 505 g/mol. The lowest BCUT2D eigenvalue weighted by Gasteiger charge is -2.12. The van der Waals surface area contributed by atoms with Crippen molar-refractivity contribution < 1.29 is 13.2 Å². The fourth-order valence-corrected chi connectivity index (χ4v) is 4.44. The number of nitrogens with one attached hydrogen (secondary N) is 3. The molecule has 0 aliphatic rings. The maximum Gasteiger partial charge on any atom is 0.263 e. The number of ether oxygens (including phenoxy) is 1. The smallest absolute Gasteiger partial charge is 0.263 e. The minimum Gasteiger partial charge on any atom is -0.457 e. The van der Waals surface area contributed by atoms with Gasteiger partial charge in [-0.3, -0.25) is 4.72 Å². The number of aryl methyl sites for hydroxylation is 2. The first-order valence-electron chi connectivity index (χ1n) is 10.6. The number of hydrogen-bond acceptors (Lipinski definition) is 6. The van der Waals surface area contributed by atoms with E-state index in [1.165, 1.54) is 12.1 Å². The summed E-state index contributed by atoms with van der Waals surface area (Å²) in [7, 11) is -3.80. The molecule has 8 nitrogen and oxygen atoms in total. The fourth-order valence-electron chi connectivity index (χ4n) is 3.21. The first-order chi connectivity index (χ1) is 16.8. The van der Waals surface area contributed by atoms with E-state index in [9.17, 15) is 8.42 Å². The summed E-state index contributed by atoms with van der Waals surface area (Å²) in [6.45, 7) is 3.48. The molecule has 0 saturated heterocycles. The van der Waals surface area contributed by atoms with Gasteiger partial charge in [0.1, 0.15) is 23.1 Å². The summed E-state index contributed by atoms with van der Waals surface area (Å²) in [6, 6.07) is 24.7. The molecule has 0 aliphatic heterocycles. The molecular weight excluding hydrogens is 482 g/mol. The van der Waals surface area contributed by atoms with E-state index in [1.807, 2.05) is 54.6 Å². The molecule has 4 rings (SSSR count). The van der Waals surface area contributed by atoms with Crippen LogP contribution in [0.1, 0.15) is 11.5 Å². The summed E-state index contributed by atoms with van der Waals surface area (Å²) >= 11 is 5.37. The first-order valence-corrected chi connectivity index (χ1v) is 12.5. The van der Waals surface area contributed by atoms with E-state index in [-0.39, 0.29) is 10.7 Å². The molecule has 3 aromatic carbocycles. The molecule has 0 fully saturated rings. The average Bonchev–Trinajstić information content (AvgIpc) is 2.80. The van der Waals surface area contributed by atoms with Gasteiger partial charge in [0.2, 0.25) is 0 Å². The van der Waals surface area contributed by atoms with Crippen LogP contribution in [0.25, 0.3) is 0 Å². The third-order valence-electron chi connectivity index (χ3n) is 4.72. The van der Waals surface area contributed by atoms with Crippen molar-refractivity contribution in [3.8, 4) is 11.5 Å². The quantitative estimate of drug-likeness (QED) is 0.283. The van der Waals surface area contributed by atoms with Gasteiger partial charge < -0.3 is 15.4 Å². The third kappa shape index (κ3) is 6.75. The molecule has 0 radical (unpaired) electrons. The Morgan fingerprint density at radius 1 is 0.800 bits per heavy atom. The van der Waals surface area contributed by atoms with Crippen molar-refractivity contribution in [2.75, 3.05) is 15.4 Å². The highest BCUT2D eigenvalue weighted by Gasteiger charge is 2.15. The number of thiocarbonyl (C=S) groups is 1. The van der Waals surface area contributed by atoms with Crippen molar-refractivity contribution in [2.45, 2.75) is 18.7 Å². The van der Waals surface area contributed by atoms with Crippen molar-refractivity contribution in [1.82, 2.24) is 9.97 Å². The molecule has 35 heavy (non-hydrogen) atoms. The molecule has 1 heterocycles. The molecule has 178 valence electrons. The zero-order valence-electron chi connectivity index (χ0n) is 19.0. The summed E-state index contributed by atoms with van der Waals surface area (Å²) < 4.78 is 33.7. The molecular formula is C25H23N5O3S2. The SMILES string of the molecule is Cc1cc(NS(=O)(=O)c2ccc(NC(=S)Nc3ccc(Oc4ccccc4)cc3)cc2)nc(C)n1. The number of aromatic nitrogens is 2. The van der Waals surface area contributed by atoms with Gasteiger partial charge in [0.05, 0.1) is 4.90 Å². The Morgan fingerprint density at radius 2 is 1.37 bits per heavy atom. The van der Waals surface area contributed by atoms with Crippen LogP contribution < -0.4 is 20.1 Å². The summed E-state index contributed by atoms with van der Waals surface area (Å²) in [5, 5.41) is 6.49. The number of sulfonamides is 1. The Balaban J connectivity index is 1.34. The Kier molecular flexibility index (Phi) is 7.23. The van der Waals surface area contributed by atoms with E-state index in [0.717, 1.165) is 11.4 Å². The lowest BCUT2D eigenvalue weighted by molar-refractivity contribution is 0.483. The lowest BCUT2D eigenvalue weighted by Crippen LogP contribution is -2.19. The number of hydrogen-bond donors (Lipinski definition) is 3. The minimum absolute atomic E-state index is 0.102. The van der Waals surface area contributed by atoms with Gasteiger partial charge in [0.25, 0.3) is 10.0 Å². The Hall–Kier alpha value is -4.02. The predicted molar refractivity (Wildman–Crippen MR) is 142 cm³/mol. The number of benzene rings is 3. The van der Waals surface area contributed by atoms with Crippen LogP contribution in [0.5, 0.6) is 11.5 Å². The Bertz CT molecular complexity index is 1410. The highest BCUT2D eigenvalue weighted by Crippen LogP contribution is 2.23. The number of anilines is 3. The van der Waals surface area contributed by atoms with E-state index >= 15 is 0 Å². The van der Waals surface area contributed by atoms with Gasteiger partial charge in [-0.25, -0.2) is 18.4 Å². The van der Waals surface area contributed by atoms with E-state index in [4.69, 9.17) is 17.0 Å². The highest BCUT2D eigenvalue weighted by molar-refractivity contribution is 7.92. The number of para-hydroxylation sites is 1. The highest BCUT2D eigenvalue weighted by atomic mass is 32.2. The van der Waals surface area contributed by atoms with Crippen molar-refractivity contribution in [2.24, 2.45) is 0 Å². The van der Waals surface area contributed by atoms with Gasteiger partial charge in [-0.1, -0.05) is 18.2 Å². The second-order valence-corrected chi connectivity index (χ2v) is 9.68.